The standard InChI is InChI=1S/C24H17O5P/c1-4-10-17(11-5-1)25-20-16-21-22(26-18-12-6-2-7-13-18)24(23(20)29-30-28-21)27-19-14-8-3-9-15-19/h1-16,30H. The molecule has 0 aliphatic heterocycles. The first kappa shape index (κ1) is 18.2. The van der Waals surface area contributed by atoms with Gasteiger partial charge in [0.05, 0.1) is 0 Å². The van der Waals surface area contributed by atoms with E-state index in [2.05, 4.69) is 0 Å². The molecule has 0 aliphatic carbocycles. The fourth-order valence-corrected chi connectivity index (χ4v) is 3.51. The molecule has 0 saturated carbocycles. The molecule has 30 heavy (non-hydrogen) atoms. The van der Waals surface area contributed by atoms with E-state index in [4.69, 9.17) is 22.6 Å². The van der Waals surface area contributed by atoms with Gasteiger partial charge in [-0.2, -0.15) is 0 Å². The van der Waals surface area contributed by atoms with Crippen LogP contribution in [0.25, 0.3) is 11.2 Å². The van der Waals surface area contributed by atoms with E-state index in [0.717, 1.165) is 0 Å². The van der Waals surface area contributed by atoms with E-state index in [9.17, 15) is 0 Å². The highest BCUT2D eigenvalue weighted by atomic mass is 31.1. The summed E-state index contributed by atoms with van der Waals surface area (Å²) in [4.78, 5) is 0. The Hall–Kier alpha value is -3.82. The zero-order chi connectivity index (χ0) is 20.2. The maximum Gasteiger partial charge on any atom is 0.222 e. The Bertz CT molecular complexity index is 1250. The summed E-state index contributed by atoms with van der Waals surface area (Å²) in [5, 5.41) is 0. The Morgan fingerprint density at radius 2 is 1.03 bits per heavy atom. The van der Waals surface area contributed by atoms with Crippen LogP contribution in [0.1, 0.15) is 0 Å². The van der Waals surface area contributed by atoms with Crippen molar-refractivity contribution in [2.75, 3.05) is 0 Å². The van der Waals surface area contributed by atoms with Gasteiger partial charge >= 0.3 is 0 Å². The van der Waals surface area contributed by atoms with Crippen LogP contribution in [0.15, 0.2) is 105 Å². The van der Waals surface area contributed by atoms with Gasteiger partial charge < -0.3 is 22.6 Å². The molecule has 0 spiro atoms. The van der Waals surface area contributed by atoms with Crippen LogP contribution in [-0.4, -0.2) is 0 Å². The molecule has 6 heteroatoms. The second-order valence-electron chi connectivity index (χ2n) is 6.39. The predicted octanol–water partition coefficient (Wildman–Crippen LogP) is 8.00. The van der Waals surface area contributed by atoms with E-state index in [1.54, 1.807) is 6.07 Å². The monoisotopic (exact) mass is 416 g/mol. The number of hydrogen-bond donors (Lipinski definition) is 0. The van der Waals surface area contributed by atoms with Crippen LogP contribution in [0, 0.1) is 0 Å². The molecule has 0 saturated heterocycles. The zero-order valence-corrected chi connectivity index (χ0v) is 16.8. The maximum atomic E-state index is 6.20. The van der Waals surface area contributed by atoms with Crippen LogP contribution in [0.3, 0.4) is 0 Å². The largest absolute Gasteiger partial charge is 0.453 e. The number of rotatable bonds is 6. The molecule has 2 bridgehead atoms. The minimum absolute atomic E-state index is 0.250. The van der Waals surface area contributed by atoms with E-state index in [0.29, 0.717) is 45.7 Å². The van der Waals surface area contributed by atoms with E-state index < -0.39 is 0 Å². The van der Waals surface area contributed by atoms with Gasteiger partial charge in [-0.3, -0.25) is 0 Å². The molecule has 5 nitrogen and oxygen atoms in total. The predicted molar refractivity (Wildman–Crippen MR) is 116 cm³/mol. The van der Waals surface area contributed by atoms with Crippen molar-refractivity contribution in [1.29, 1.82) is 0 Å². The fraction of sp³-hybridized carbons (Fsp3) is 0. The van der Waals surface area contributed by atoms with Crippen LogP contribution >= 0.6 is 8.67 Å². The van der Waals surface area contributed by atoms with Crippen molar-refractivity contribution in [2.24, 2.45) is 0 Å². The Balaban J connectivity index is 1.65. The summed E-state index contributed by atoms with van der Waals surface area (Å²) in [6, 6.07) is 30.2. The highest BCUT2D eigenvalue weighted by molar-refractivity contribution is 7.15. The van der Waals surface area contributed by atoms with E-state index in [1.807, 2.05) is 91.0 Å². The van der Waals surface area contributed by atoms with Crippen molar-refractivity contribution < 1.29 is 22.6 Å². The fourth-order valence-electron chi connectivity index (χ4n) is 2.95. The summed E-state index contributed by atoms with van der Waals surface area (Å²) < 4.78 is 30.1. The minimum atomic E-state index is -0.250. The van der Waals surface area contributed by atoms with Crippen molar-refractivity contribution in [3.63, 3.8) is 0 Å². The molecular formula is C24H17O5P. The summed E-state index contributed by atoms with van der Waals surface area (Å²) in [5.74, 6) is 3.32. The molecule has 0 radical (unpaired) electrons. The topological polar surface area (TPSA) is 54.0 Å². The van der Waals surface area contributed by atoms with E-state index in [1.165, 1.54) is 0 Å². The Labute approximate surface area is 174 Å². The summed E-state index contributed by atoms with van der Waals surface area (Å²) in [6.45, 7) is 0. The quantitative estimate of drug-likeness (QED) is 0.281. The molecule has 4 aromatic carbocycles. The first-order chi connectivity index (χ1) is 14.9. The Kier molecular flexibility index (Phi) is 5.03. The lowest BCUT2D eigenvalue weighted by Gasteiger charge is -2.14. The highest BCUT2D eigenvalue weighted by Crippen LogP contribution is 2.49. The highest BCUT2D eigenvalue weighted by Gasteiger charge is 2.23. The van der Waals surface area contributed by atoms with Gasteiger partial charge in [-0.25, -0.2) is 0 Å². The summed E-state index contributed by atoms with van der Waals surface area (Å²) in [5.41, 5.74) is 0.906. The average Bonchev–Trinajstić information content (AvgIpc) is 3.09. The van der Waals surface area contributed by atoms with Gasteiger partial charge in [0, 0.05) is 6.07 Å². The van der Waals surface area contributed by atoms with Gasteiger partial charge in [0.25, 0.3) is 0 Å². The van der Waals surface area contributed by atoms with Gasteiger partial charge in [0.2, 0.25) is 25.8 Å². The van der Waals surface area contributed by atoms with Crippen molar-refractivity contribution in [3.8, 4) is 34.5 Å². The second-order valence-corrected chi connectivity index (χ2v) is 6.97. The van der Waals surface area contributed by atoms with Gasteiger partial charge in [-0.15, -0.1) is 0 Å². The summed E-state index contributed by atoms with van der Waals surface area (Å²) in [7, 11) is -0.250. The lowest BCUT2D eigenvalue weighted by molar-refractivity contribution is 0.412. The summed E-state index contributed by atoms with van der Waals surface area (Å²) in [6.07, 6.45) is 0. The lowest BCUT2D eigenvalue weighted by atomic mass is 10.2. The molecule has 1 atom stereocenters. The first-order valence-corrected chi connectivity index (χ1v) is 10.2. The van der Waals surface area contributed by atoms with E-state index in [-0.39, 0.29) is 8.67 Å². The first-order valence-electron chi connectivity index (χ1n) is 9.35. The zero-order valence-electron chi connectivity index (χ0n) is 15.8. The van der Waals surface area contributed by atoms with Crippen molar-refractivity contribution in [3.05, 3.63) is 97.1 Å². The number of hydrogen-bond acceptors (Lipinski definition) is 5. The van der Waals surface area contributed by atoms with Crippen LogP contribution in [0.2, 0.25) is 0 Å². The SMILES string of the molecule is c1ccc(Oc2c(Oc3ccccc3)c3o[pH]oc2cc3Oc2ccccc2)cc1. The Morgan fingerprint density at radius 1 is 0.533 bits per heavy atom. The third-order valence-electron chi connectivity index (χ3n) is 4.31. The lowest BCUT2D eigenvalue weighted by Crippen LogP contribution is -1.94. The molecule has 0 N–H and O–H groups in total. The molecule has 2 aromatic heterocycles. The normalized spacial score (nSPS) is 10.9. The smallest absolute Gasteiger partial charge is 0.222 e. The maximum absolute atomic E-state index is 6.20. The number of ether oxygens (including phenoxy) is 3. The Morgan fingerprint density at radius 3 is 1.60 bits per heavy atom. The molecule has 0 fully saturated rings. The minimum Gasteiger partial charge on any atom is -0.453 e. The van der Waals surface area contributed by atoms with Crippen molar-refractivity contribution >= 4 is 19.8 Å². The molecule has 0 amide bonds. The van der Waals surface area contributed by atoms with Crippen LogP contribution in [0.4, 0.5) is 0 Å². The van der Waals surface area contributed by atoms with Crippen LogP contribution in [0.5, 0.6) is 34.5 Å². The van der Waals surface area contributed by atoms with Crippen molar-refractivity contribution in [2.45, 2.75) is 0 Å². The van der Waals surface area contributed by atoms with Gasteiger partial charge in [-0.1, -0.05) is 54.6 Å². The molecule has 6 rings (SSSR count). The molecule has 6 aromatic rings. The van der Waals surface area contributed by atoms with Crippen LogP contribution in [-0.2, 0) is 0 Å². The average molecular weight is 416 g/mol. The molecule has 1 unspecified atom stereocenters. The van der Waals surface area contributed by atoms with E-state index >= 15 is 0 Å². The number of benzene rings is 4. The van der Waals surface area contributed by atoms with Gasteiger partial charge in [0.1, 0.15) is 17.2 Å². The molecule has 148 valence electrons. The van der Waals surface area contributed by atoms with Crippen molar-refractivity contribution in [1.82, 2.24) is 0 Å². The molecule has 0 aliphatic rings. The number of para-hydroxylation sites is 3. The van der Waals surface area contributed by atoms with Crippen LogP contribution < -0.4 is 14.2 Å². The number of fused-ring (bicyclic) bond motifs is 4. The molecular weight excluding hydrogens is 399 g/mol. The third kappa shape index (κ3) is 3.84. The third-order valence-corrected chi connectivity index (χ3v) is 4.91. The van der Waals surface area contributed by atoms with Gasteiger partial charge in [-0.05, 0) is 36.4 Å². The molecule has 2 heterocycles. The second kappa shape index (κ2) is 8.27. The van der Waals surface area contributed by atoms with Gasteiger partial charge in [0.15, 0.2) is 11.3 Å². The summed E-state index contributed by atoms with van der Waals surface area (Å²) >= 11 is 0.